The molecule has 0 bridgehead atoms. The van der Waals surface area contributed by atoms with Crippen LogP contribution < -0.4 is 15.4 Å². The van der Waals surface area contributed by atoms with Crippen LogP contribution in [0.2, 0.25) is 0 Å². The summed E-state index contributed by atoms with van der Waals surface area (Å²) in [6.45, 7) is 3.40. The molecule has 0 aromatic heterocycles. The minimum Gasteiger partial charge on any atom is -0.497 e. The number of nitrogens with one attached hydrogen (secondary N) is 2. The Bertz CT molecular complexity index is 427. The van der Waals surface area contributed by atoms with Crippen molar-refractivity contribution in [2.75, 3.05) is 26.7 Å². The van der Waals surface area contributed by atoms with E-state index in [0.717, 1.165) is 11.3 Å². The summed E-state index contributed by atoms with van der Waals surface area (Å²) in [4.78, 5) is 11.5. The molecule has 0 radical (unpaired) electrons. The number of methoxy groups -OCH3 is 1. The monoisotopic (exact) mass is 278 g/mol. The van der Waals surface area contributed by atoms with Gasteiger partial charge in [-0.25, -0.2) is 0 Å². The van der Waals surface area contributed by atoms with Gasteiger partial charge < -0.3 is 20.5 Å². The van der Waals surface area contributed by atoms with Gasteiger partial charge in [0.25, 0.3) is 0 Å². The van der Waals surface area contributed by atoms with Gasteiger partial charge in [-0.3, -0.25) is 4.79 Å². The molecule has 1 rings (SSSR count). The first-order valence-corrected chi connectivity index (χ1v) is 6.60. The minimum absolute atomic E-state index is 0.139. The molecule has 110 valence electrons. The van der Waals surface area contributed by atoms with Crippen molar-refractivity contribution >= 4 is 12.0 Å². The van der Waals surface area contributed by atoms with E-state index in [1.807, 2.05) is 24.3 Å². The fourth-order valence-electron chi connectivity index (χ4n) is 1.53. The summed E-state index contributed by atoms with van der Waals surface area (Å²) in [7, 11) is 1.61. The van der Waals surface area contributed by atoms with E-state index in [0.29, 0.717) is 19.6 Å². The SMILES string of the molecule is COc1ccc(/C=C/C(=O)NCCNCC(C)O)cc1. The van der Waals surface area contributed by atoms with Gasteiger partial charge in [0.2, 0.25) is 5.91 Å². The normalized spacial score (nSPS) is 12.3. The standard InChI is InChI=1S/C15H22N2O3/c1-12(18)11-16-9-10-17-15(19)8-5-13-3-6-14(20-2)7-4-13/h3-8,12,16,18H,9-11H2,1-2H3,(H,17,19)/b8-5+. The number of aliphatic hydroxyl groups excluding tert-OH is 1. The van der Waals surface area contributed by atoms with Crippen molar-refractivity contribution in [3.8, 4) is 5.75 Å². The van der Waals surface area contributed by atoms with Gasteiger partial charge in [-0.05, 0) is 30.7 Å². The van der Waals surface area contributed by atoms with Crippen LogP contribution in [-0.4, -0.2) is 43.9 Å². The van der Waals surface area contributed by atoms with Crippen molar-refractivity contribution in [1.82, 2.24) is 10.6 Å². The third-order valence-electron chi connectivity index (χ3n) is 2.58. The molecule has 0 fully saturated rings. The summed E-state index contributed by atoms with van der Waals surface area (Å²) in [5.41, 5.74) is 0.938. The van der Waals surface area contributed by atoms with E-state index in [9.17, 15) is 4.79 Å². The first kappa shape index (κ1) is 16.2. The largest absolute Gasteiger partial charge is 0.497 e. The number of hydrogen-bond acceptors (Lipinski definition) is 4. The molecular formula is C15H22N2O3. The van der Waals surface area contributed by atoms with Gasteiger partial charge in [-0.1, -0.05) is 12.1 Å². The zero-order valence-corrected chi connectivity index (χ0v) is 11.9. The smallest absolute Gasteiger partial charge is 0.244 e. The second-order valence-electron chi connectivity index (χ2n) is 4.45. The molecule has 1 unspecified atom stereocenters. The fraction of sp³-hybridized carbons (Fsp3) is 0.400. The average molecular weight is 278 g/mol. The Labute approximate surface area is 119 Å². The zero-order valence-electron chi connectivity index (χ0n) is 11.9. The van der Waals surface area contributed by atoms with E-state index >= 15 is 0 Å². The summed E-state index contributed by atoms with van der Waals surface area (Å²) in [6.07, 6.45) is 2.87. The molecule has 0 aliphatic rings. The number of carbonyl (C=O) groups is 1. The second kappa shape index (κ2) is 9.12. The molecular weight excluding hydrogens is 256 g/mol. The van der Waals surface area contributed by atoms with Crippen LogP contribution >= 0.6 is 0 Å². The van der Waals surface area contributed by atoms with Crippen LogP contribution in [0.25, 0.3) is 6.08 Å². The predicted molar refractivity (Wildman–Crippen MR) is 79.6 cm³/mol. The topological polar surface area (TPSA) is 70.6 Å². The Hall–Kier alpha value is -1.85. The molecule has 0 aliphatic carbocycles. The van der Waals surface area contributed by atoms with Gasteiger partial charge in [-0.2, -0.15) is 0 Å². The summed E-state index contributed by atoms with van der Waals surface area (Å²) < 4.78 is 5.06. The molecule has 0 saturated heterocycles. The lowest BCUT2D eigenvalue weighted by molar-refractivity contribution is -0.116. The highest BCUT2D eigenvalue weighted by Crippen LogP contribution is 2.11. The quantitative estimate of drug-likeness (QED) is 0.486. The lowest BCUT2D eigenvalue weighted by Gasteiger charge is -2.06. The van der Waals surface area contributed by atoms with Crippen LogP contribution in [0.15, 0.2) is 30.3 Å². The first-order chi connectivity index (χ1) is 9.61. The maximum absolute atomic E-state index is 11.5. The average Bonchev–Trinajstić information content (AvgIpc) is 2.45. The number of rotatable bonds is 8. The van der Waals surface area contributed by atoms with Crippen LogP contribution in [0.1, 0.15) is 12.5 Å². The van der Waals surface area contributed by atoms with Crippen LogP contribution in [0.3, 0.4) is 0 Å². The number of ether oxygens (including phenoxy) is 1. The molecule has 3 N–H and O–H groups in total. The number of amides is 1. The van der Waals surface area contributed by atoms with Crippen LogP contribution in [0.5, 0.6) is 5.75 Å². The Balaban J connectivity index is 2.25. The first-order valence-electron chi connectivity index (χ1n) is 6.60. The van der Waals surface area contributed by atoms with E-state index in [4.69, 9.17) is 9.84 Å². The van der Waals surface area contributed by atoms with E-state index in [2.05, 4.69) is 10.6 Å². The summed E-state index contributed by atoms with van der Waals surface area (Å²) in [5, 5.41) is 14.8. The molecule has 1 atom stereocenters. The summed E-state index contributed by atoms with van der Waals surface area (Å²) >= 11 is 0. The molecule has 20 heavy (non-hydrogen) atoms. The van der Waals surface area contributed by atoms with Gasteiger partial charge >= 0.3 is 0 Å². The van der Waals surface area contributed by atoms with E-state index in [1.165, 1.54) is 6.08 Å². The van der Waals surface area contributed by atoms with Crippen molar-refractivity contribution in [2.24, 2.45) is 0 Å². The van der Waals surface area contributed by atoms with Crippen molar-refractivity contribution < 1.29 is 14.6 Å². The molecule has 1 amide bonds. The number of benzene rings is 1. The highest BCUT2D eigenvalue weighted by atomic mass is 16.5. The molecule has 0 saturated carbocycles. The minimum atomic E-state index is -0.374. The van der Waals surface area contributed by atoms with Gasteiger partial charge in [0, 0.05) is 25.7 Å². The zero-order chi connectivity index (χ0) is 14.8. The van der Waals surface area contributed by atoms with E-state index < -0.39 is 0 Å². The highest BCUT2D eigenvalue weighted by Gasteiger charge is 1.97. The molecule has 1 aromatic carbocycles. The van der Waals surface area contributed by atoms with E-state index in [1.54, 1.807) is 20.1 Å². The number of hydrogen-bond donors (Lipinski definition) is 3. The second-order valence-corrected chi connectivity index (χ2v) is 4.45. The van der Waals surface area contributed by atoms with Crippen molar-refractivity contribution in [2.45, 2.75) is 13.0 Å². The van der Waals surface area contributed by atoms with Gasteiger partial charge in [-0.15, -0.1) is 0 Å². The van der Waals surface area contributed by atoms with Crippen molar-refractivity contribution in [3.63, 3.8) is 0 Å². The van der Waals surface area contributed by atoms with Gasteiger partial charge in [0.1, 0.15) is 5.75 Å². The maximum Gasteiger partial charge on any atom is 0.244 e. The predicted octanol–water partition coefficient (Wildman–Crippen LogP) is 0.795. The molecule has 0 aliphatic heterocycles. The molecule has 0 heterocycles. The van der Waals surface area contributed by atoms with Crippen LogP contribution in [0.4, 0.5) is 0 Å². The Morgan fingerprint density at radius 3 is 2.65 bits per heavy atom. The lowest BCUT2D eigenvalue weighted by Crippen LogP contribution is -2.33. The summed E-state index contributed by atoms with van der Waals surface area (Å²) in [6, 6.07) is 7.45. The highest BCUT2D eigenvalue weighted by molar-refractivity contribution is 5.91. The molecule has 0 spiro atoms. The Morgan fingerprint density at radius 1 is 1.35 bits per heavy atom. The van der Waals surface area contributed by atoms with Crippen LogP contribution in [-0.2, 0) is 4.79 Å². The molecule has 5 nitrogen and oxygen atoms in total. The van der Waals surface area contributed by atoms with Crippen LogP contribution in [0, 0.1) is 0 Å². The van der Waals surface area contributed by atoms with E-state index in [-0.39, 0.29) is 12.0 Å². The van der Waals surface area contributed by atoms with Gasteiger partial charge in [0.15, 0.2) is 0 Å². The van der Waals surface area contributed by atoms with Gasteiger partial charge in [0.05, 0.1) is 13.2 Å². The Kier molecular flexibility index (Phi) is 7.39. The number of aliphatic hydroxyl groups is 1. The number of carbonyl (C=O) groups excluding carboxylic acids is 1. The fourth-order valence-corrected chi connectivity index (χ4v) is 1.53. The third-order valence-corrected chi connectivity index (χ3v) is 2.58. The summed E-state index contributed by atoms with van der Waals surface area (Å²) in [5.74, 6) is 0.649. The maximum atomic E-state index is 11.5. The Morgan fingerprint density at radius 2 is 2.05 bits per heavy atom. The third kappa shape index (κ3) is 6.92. The molecule has 1 aromatic rings. The van der Waals surface area contributed by atoms with Crippen molar-refractivity contribution in [3.05, 3.63) is 35.9 Å². The lowest BCUT2D eigenvalue weighted by atomic mass is 10.2. The molecule has 5 heteroatoms. The van der Waals surface area contributed by atoms with Crippen molar-refractivity contribution in [1.29, 1.82) is 0 Å².